The number of hydrogen-bond acceptors (Lipinski definition) is 3. The van der Waals surface area contributed by atoms with Crippen LogP contribution in [0.2, 0.25) is 0 Å². The van der Waals surface area contributed by atoms with Crippen LogP contribution >= 0.6 is 0 Å². The third-order valence-corrected chi connectivity index (χ3v) is 4.08. The molecular weight excluding hydrogens is 321 g/mol. The minimum atomic E-state index is -4.54. The summed E-state index contributed by atoms with van der Waals surface area (Å²) >= 11 is 0. The van der Waals surface area contributed by atoms with Crippen LogP contribution < -0.4 is 5.32 Å². The first kappa shape index (κ1) is 16.5. The molecule has 1 aromatic heterocycles. The predicted octanol–water partition coefficient (Wildman–Crippen LogP) is 2.23. The van der Waals surface area contributed by atoms with Crippen LogP contribution in [0.1, 0.15) is 27.8 Å². The summed E-state index contributed by atoms with van der Waals surface area (Å²) in [7, 11) is 1.19. The number of benzene rings is 1. The number of nitrogens with zero attached hydrogens (tertiary/aromatic N) is 3. The summed E-state index contributed by atoms with van der Waals surface area (Å²) < 4.78 is 39.4. The number of amides is 1. The Morgan fingerprint density at radius 2 is 2.00 bits per heavy atom. The highest BCUT2D eigenvalue weighted by Gasteiger charge is 2.37. The SMILES string of the molecule is Cn1nc(C(=O)N2CCNC[C@@H]2c2ccccc2)cc1C(F)(F)F. The first-order valence-corrected chi connectivity index (χ1v) is 7.56. The average Bonchev–Trinajstić information content (AvgIpc) is 2.97. The molecule has 1 atom stereocenters. The zero-order valence-corrected chi connectivity index (χ0v) is 13.0. The van der Waals surface area contributed by atoms with Crippen LogP contribution in [0, 0.1) is 0 Å². The fourth-order valence-corrected chi connectivity index (χ4v) is 2.90. The fraction of sp³-hybridized carbons (Fsp3) is 0.375. The van der Waals surface area contributed by atoms with E-state index in [0.29, 0.717) is 24.3 Å². The minimum Gasteiger partial charge on any atom is -0.328 e. The standard InChI is InChI=1S/C16H17F3N4O/c1-22-14(16(17,18)19)9-12(21-22)15(24)23-8-7-20-10-13(23)11-5-3-2-4-6-11/h2-6,9,13,20H,7-8,10H2,1H3/t13-/m1/s1. The smallest absolute Gasteiger partial charge is 0.328 e. The number of nitrogens with one attached hydrogen (secondary N) is 1. The summed E-state index contributed by atoms with van der Waals surface area (Å²) in [5.41, 5.74) is -0.185. The van der Waals surface area contributed by atoms with Crippen molar-refractivity contribution >= 4 is 5.91 Å². The van der Waals surface area contributed by atoms with Crippen LogP contribution in [0.4, 0.5) is 13.2 Å². The molecule has 8 heteroatoms. The van der Waals surface area contributed by atoms with Gasteiger partial charge in [0, 0.05) is 32.7 Å². The minimum absolute atomic E-state index is 0.187. The molecule has 1 fully saturated rings. The first-order chi connectivity index (χ1) is 11.4. The molecule has 0 aliphatic carbocycles. The molecule has 128 valence electrons. The largest absolute Gasteiger partial charge is 0.433 e. The second kappa shape index (κ2) is 6.27. The van der Waals surface area contributed by atoms with Gasteiger partial charge in [0.1, 0.15) is 5.69 Å². The summed E-state index contributed by atoms with van der Waals surface area (Å²) in [6, 6.07) is 10.00. The third kappa shape index (κ3) is 3.14. The van der Waals surface area contributed by atoms with E-state index in [1.807, 2.05) is 30.3 Å². The Morgan fingerprint density at radius 1 is 1.29 bits per heavy atom. The van der Waals surface area contributed by atoms with Gasteiger partial charge in [0.15, 0.2) is 5.69 Å². The first-order valence-electron chi connectivity index (χ1n) is 7.56. The zero-order chi connectivity index (χ0) is 17.3. The topological polar surface area (TPSA) is 50.2 Å². The third-order valence-electron chi connectivity index (χ3n) is 4.08. The second-order valence-corrected chi connectivity index (χ2v) is 5.67. The molecule has 0 spiro atoms. The molecule has 1 amide bonds. The number of aromatic nitrogens is 2. The van der Waals surface area contributed by atoms with Crippen molar-refractivity contribution < 1.29 is 18.0 Å². The number of aryl methyl sites for hydroxylation is 1. The van der Waals surface area contributed by atoms with E-state index in [4.69, 9.17) is 0 Å². The molecular formula is C16H17F3N4O. The maximum absolute atomic E-state index is 12.9. The van der Waals surface area contributed by atoms with E-state index in [1.165, 1.54) is 7.05 Å². The summed E-state index contributed by atoms with van der Waals surface area (Å²) in [5.74, 6) is -0.489. The Bertz CT molecular complexity index is 727. The Kier molecular flexibility index (Phi) is 4.31. The number of piperazine rings is 1. The van der Waals surface area contributed by atoms with Crippen LogP contribution in [0.25, 0.3) is 0 Å². The molecule has 0 radical (unpaired) electrons. The molecule has 24 heavy (non-hydrogen) atoms. The molecule has 1 aliphatic heterocycles. The van der Waals surface area contributed by atoms with Crippen molar-refractivity contribution in [3.8, 4) is 0 Å². The lowest BCUT2D eigenvalue weighted by Gasteiger charge is -2.36. The van der Waals surface area contributed by atoms with Gasteiger partial charge in [0.05, 0.1) is 6.04 Å². The zero-order valence-electron chi connectivity index (χ0n) is 13.0. The van der Waals surface area contributed by atoms with Crippen LogP contribution in [0.5, 0.6) is 0 Å². The fourth-order valence-electron chi connectivity index (χ4n) is 2.90. The number of alkyl halides is 3. The van der Waals surface area contributed by atoms with E-state index >= 15 is 0 Å². The van der Waals surface area contributed by atoms with Gasteiger partial charge in [-0.05, 0) is 5.56 Å². The van der Waals surface area contributed by atoms with E-state index < -0.39 is 17.8 Å². The van der Waals surface area contributed by atoms with Crippen molar-refractivity contribution in [2.24, 2.45) is 7.05 Å². The van der Waals surface area contributed by atoms with E-state index in [2.05, 4.69) is 10.4 Å². The highest BCUT2D eigenvalue weighted by molar-refractivity contribution is 5.93. The van der Waals surface area contributed by atoms with Crippen molar-refractivity contribution in [1.29, 1.82) is 0 Å². The lowest BCUT2D eigenvalue weighted by molar-refractivity contribution is -0.143. The Hall–Kier alpha value is -2.35. The highest BCUT2D eigenvalue weighted by atomic mass is 19.4. The van der Waals surface area contributed by atoms with Crippen LogP contribution in [-0.4, -0.2) is 40.2 Å². The summed E-state index contributed by atoms with van der Waals surface area (Å²) in [6.07, 6.45) is -4.54. The van der Waals surface area contributed by atoms with Crippen molar-refractivity contribution in [3.63, 3.8) is 0 Å². The second-order valence-electron chi connectivity index (χ2n) is 5.67. The van der Waals surface area contributed by atoms with E-state index in [-0.39, 0.29) is 11.7 Å². The van der Waals surface area contributed by atoms with Crippen molar-refractivity contribution in [3.05, 3.63) is 53.3 Å². The van der Waals surface area contributed by atoms with Crippen LogP contribution in [-0.2, 0) is 13.2 Å². The van der Waals surface area contributed by atoms with Crippen molar-refractivity contribution in [2.45, 2.75) is 12.2 Å². The van der Waals surface area contributed by atoms with Gasteiger partial charge in [-0.15, -0.1) is 0 Å². The Labute approximate surface area is 137 Å². The van der Waals surface area contributed by atoms with Gasteiger partial charge in [-0.1, -0.05) is 30.3 Å². The molecule has 1 aliphatic rings. The quantitative estimate of drug-likeness (QED) is 0.914. The van der Waals surface area contributed by atoms with Crippen LogP contribution in [0.15, 0.2) is 36.4 Å². The van der Waals surface area contributed by atoms with E-state index in [1.54, 1.807) is 4.90 Å². The van der Waals surface area contributed by atoms with Gasteiger partial charge < -0.3 is 10.2 Å². The monoisotopic (exact) mass is 338 g/mol. The maximum Gasteiger partial charge on any atom is 0.433 e. The maximum atomic E-state index is 12.9. The van der Waals surface area contributed by atoms with Crippen LogP contribution in [0.3, 0.4) is 0 Å². The van der Waals surface area contributed by atoms with Gasteiger partial charge in [-0.3, -0.25) is 9.48 Å². The van der Waals surface area contributed by atoms with E-state index in [9.17, 15) is 18.0 Å². The summed E-state index contributed by atoms with van der Waals surface area (Å²) in [4.78, 5) is 14.3. The predicted molar refractivity (Wildman–Crippen MR) is 81.3 cm³/mol. The number of carbonyl (C=O) groups is 1. The van der Waals surface area contributed by atoms with Gasteiger partial charge in [-0.25, -0.2) is 0 Å². The lowest BCUT2D eigenvalue weighted by atomic mass is 10.0. The number of hydrogen-bond donors (Lipinski definition) is 1. The normalized spacial score (nSPS) is 18.7. The molecule has 1 aromatic carbocycles. The number of rotatable bonds is 2. The molecule has 1 N–H and O–H groups in total. The van der Waals surface area contributed by atoms with Gasteiger partial charge >= 0.3 is 6.18 Å². The number of carbonyl (C=O) groups excluding carboxylic acids is 1. The molecule has 2 aromatic rings. The molecule has 2 heterocycles. The molecule has 0 unspecified atom stereocenters. The lowest BCUT2D eigenvalue weighted by Crippen LogP contribution is -2.48. The van der Waals surface area contributed by atoms with Crippen molar-refractivity contribution in [1.82, 2.24) is 20.0 Å². The molecule has 0 bridgehead atoms. The summed E-state index contributed by atoms with van der Waals surface area (Å²) in [5, 5.41) is 6.98. The summed E-state index contributed by atoms with van der Waals surface area (Å²) in [6.45, 7) is 1.55. The van der Waals surface area contributed by atoms with Gasteiger partial charge in [0.25, 0.3) is 5.91 Å². The van der Waals surface area contributed by atoms with E-state index in [0.717, 1.165) is 11.6 Å². The molecule has 1 saturated heterocycles. The Balaban J connectivity index is 1.90. The molecule has 5 nitrogen and oxygen atoms in total. The molecule has 3 rings (SSSR count). The van der Waals surface area contributed by atoms with Crippen molar-refractivity contribution in [2.75, 3.05) is 19.6 Å². The van der Waals surface area contributed by atoms with Gasteiger partial charge in [0.2, 0.25) is 0 Å². The average molecular weight is 338 g/mol. The Morgan fingerprint density at radius 3 is 2.62 bits per heavy atom. The number of halogens is 3. The van der Waals surface area contributed by atoms with Gasteiger partial charge in [-0.2, -0.15) is 18.3 Å². The highest BCUT2D eigenvalue weighted by Crippen LogP contribution is 2.30. The molecule has 0 saturated carbocycles.